The standard InChI is InChI=1S/C23H27N7O8/c1-4-36-21(34)13-7-26-30(8-13)23-27-18(24-6-14(9-31)22(35)37-5-2)16-19(28-23)29(11-25-16)20-12(3)17(33)15(10-32)38-20/h6-9,11-12,15,17,20,31-33H,4-5,10H2,1-3H3/t12-,15-,17+,20-/m1/s1. The predicted molar refractivity (Wildman–Crippen MR) is 130 cm³/mol. The van der Waals surface area contributed by atoms with Gasteiger partial charge in [-0.2, -0.15) is 15.1 Å². The fourth-order valence-electron chi connectivity index (χ4n) is 3.87. The first-order valence-electron chi connectivity index (χ1n) is 11.8. The number of aromatic nitrogens is 6. The van der Waals surface area contributed by atoms with Crippen molar-refractivity contribution in [2.45, 2.75) is 39.2 Å². The Labute approximate surface area is 216 Å². The van der Waals surface area contributed by atoms with Crippen molar-refractivity contribution in [1.29, 1.82) is 0 Å². The Kier molecular flexibility index (Phi) is 8.09. The number of rotatable bonds is 9. The Hall–Kier alpha value is -4.21. The maximum atomic E-state index is 12.1. The van der Waals surface area contributed by atoms with Crippen LogP contribution in [0.25, 0.3) is 17.1 Å². The van der Waals surface area contributed by atoms with Crippen molar-refractivity contribution in [3.05, 3.63) is 36.1 Å². The number of aliphatic imine (C=N–C) groups is 1. The van der Waals surface area contributed by atoms with Crippen molar-refractivity contribution in [1.82, 2.24) is 29.3 Å². The van der Waals surface area contributed by atoms with Gasteiger partial charge in [-0.05, 0) is 13.8 Å². The Morgan fingerprint density at radius 2 is 2.00 bits per heavy atom. The molecule has 0 aromatic carbocycles. The second kappa shape index (κ2) is 11.5. The minimum absolute atomic E-state index is 0.00230. The molecule has 0 aliphatic carbocycles. The molecule has 15 heteroatoms. The Bertz CT molecular complexity index is 1380. The van der Waals surface area contributed by atoms with Crippen LogP contribution in [0.5, 0.6) is 0 Å². The number of esters is 2. The second-order valence-corrected chi connectivity index (χ2v) is 8.23. The van der Waals surface area contributed by atoms with E-state index in [0.29, 0.717) is 6.26 Å². The van der Waals surface area contributed by atoms with Crippen molar-refractivity contribution in [3.8, 4) is 5.95 Å². The lowest BCUT2D eigenvalue weighted by atomic mass is 10.0. The minimum Gasteiger partial charge on any atom is -0.515 e. The first-order valence-corrected chi connectivity index (χ1v) is 11.8. The van der Waals surface area contributed by atoms with Gasteiger partial charge in [0.1, 0.15) is 17.9 Å². The Morgan fingerprint density at radius 1 is 1.24 bits per heavy atom. The van der Waals surface area contributed by atoms with Crippen LogP contribution in [0.2, 0.25) is 0 Å². The highest BCUT2D eigenvalue weighted by molar-refractivity contribution is 6.10. The second-order valence-electron chi connectivity index (χ2n) is 8.23. The quantitative estimate of drug-likeness (QED) is 0.153. The van der Waals surface area contributed by atoms with E-state index < -0.39 is 36.3 Å². The molecule has 0 saturated carbocycles. The van der Waals surface area contributed by atoms with Crippen molar-refractivity contribution in [3.63, 3.8) is 0 Å². The van der Waals surface area contributed by atoms with Crippen molar-refractivity contribution in [2.24, 2.45) is 10.9 Å². The van der Waals surface area contributed by atoms with E-state index in [4.69, 9.17) is 14.2 Å². The molecule has 0 unspecified atom stereocenters. The summed E-state index contributed by atoms with van der Waals surface area (Å²) in [7, 11) is 0. The fourth-order valence-corrected chi connectivity index (χ4v) is 3.87. The number of aliphatic hydroxyl groups is 3. The zero-order chi connectivity index (χ0) is 27.4. The van der Waals surface area contributed by atoms with Crippen LogP contribution in [-0.4, -0.2) is 94.8 Å². The normalized spacial score (nSPS) is 21.9. The van der Waals surface area contributed by atoms with Gasteiger partial charge < -0.3 is 29.5 Å². The molecule has 4 rings (SSSR count). The maximum absolute atomic E-state index is 12.1. The molecule has 3 N–H and O–H groups in total. The summed E-state index contributed by atoms with van der Waals surface area (Å²) in [5.41, 5.74) is 0.388. The van der Waals surface area contributed by atoms with Gasteiger partial charge >= 0.3 is 11.9 Å². The third-order valence-electron chi connectivity index (χ3n) is 5.80. The molecule has 3 aromatic heterocycles. The number of carbonyl (C=O) groups excluding carboxylic acids is 2. The zero-order valence-electron chi connectivity index (χ0n) is 20.8. The molecule has 0 radical (unpaired) electrons. The topological polar surface area (TPSA) is 196 Å². The molecule has 0 bridgehead atoms. The number of hydrogen-bond donors (Lipinski definition) is 3. The number of nitrogens with zero attached hydrogens (tertiary/aromatic N) is 7. The van der Waals surface area contributed by atoms with Gasteiger partial charge in [-0.15, -0.1) is 0 Å². The largest absolute Gasteiger partial charge is 0.515 e. The highest BCUT2D eigenvalue weighted by atomic mass is 16.5. The monoisotopic (exact) mass is 529 g/mol. The lowest BCUT2D eigenvalue weighted by molar-refractivity contribution is -0.137. The smallest absolute Gasteiger partial charge is 0.342 e. The maximum Gasteiger partial charge on any atom is 0.342 e. The van der Waals surface area contributed by atoms with Gasteiger partial charge in [-0.25, -0.2) is 24.2 Å². The molecular weight excluding hydrogens is 502 g/mol. The molecule has 4 atom stereocenters. The first-order chi connectivity index (χ1) is 18.3. The fraction of sp³-hybridized carbons (Fsp3) is 0.435. The zero-order valence-corrected chi connectivity index (χ0v) is 20.8. The van der Waals surface area contributed by atoms with Crippen LogP contribution in [0.4, 0.5) is 5.82 Å². The molecule has 202 valence electrons. The summed E-state index contributed by atoms with van der Waals surface area (Å²) >= 11 is 0. The number of imidazole rings is 1. The summed E-state index contributed by atoms with van der Waals surface area (Å²) in [6.45, 7) is 4.97. The van der Waals surface area contributed by atoms with Crippen LogP contribution >= 0.6 is 0 Å². The average Bonchev–Trinajstić information content (AvgIpc) is 3.63. The first kappa shape index (κ1) is 26.8. The number of hydrogen-bond acceptors (Lipinski definition) is 13. The Morgan fingerprint density at radius 3 is 2.66 bits per heavy atom. The number of ether oxygens (including phenoxy) is 3. The molecule has 3 aromatic rings. The SMILES string of the molecule is CCOC(=O)C(C=Nc1nc(-n2cc(C(=O)OCC)cn2)nc2c1ncn2[C@@H]1O[C@H](CO)[C@@H](O)[C@H]1C)=CO. The van der Waals surface area contributed by atoms with E-state index in [1.54, 1.807) is 25.3 Å². The molecule has 1 saturated heterocycles. The summed E-state index contributed by atoms with van der Waals surface area (Å²) < 4.78 is 18.5. The molecule has 1 aliphatic heterocycles. The van der Waals surface area contributed by atoms with E-state index in [2.05, 4.69) is 25.0 Å². The summed E-state index contributed by atoms with van der Waals surface area (Å²) in [6.07, 6.45) is 3.27. The highest BCUT2D eigenvalue weighted by Gasteiger charge is 2.42. The summed E-state index contributed by atoms with van der Waals surface area (Å²) in [5.74, 6) is -1.79. The van der Waals surface area contributed by atoms with Gasteiger partial charge in [0, 0.05) is 18.3 Å². The van der Waals surface area contributed by atoms with Gasteiger partial charge in [0.05, 0.1) is 50.3 Å². The van der Waals surface area contributed by atoms with Crippen molar-refractivity contribution in [2.75, 3.05) is 19.8 Å². The van der Waals surface area contributed by atoms with Crippen molar-refractivity contribution >= 4 is 35.1 Å². The average molecular weight is 530 g/mol. The van der Waals surface area contributed by atoms with E-state index in [-0.39, 0.29) is 53.9 Å². The van der Waals surface area contributed by atoms with E-state index in [9.17, 15) is 24.9 Å². The predicted octanol–water partition coefficient (Wildman–Crippen LogP) is 0.783. The third-order valence-corrected chi connectivity index (χ3v) is 5.80. The number of fused-ring (bicyclic) bond motifs is 1. The molecule has 1 aliphatic rings. The van der Waals surface area contributed by atoms with Crippen LogP contribution in [-0.2, 0) is 19.0 Å². The molecule has 15 nitrogen and oxygen atoms in total. The Balaban J connectivity index is 1.82. The van der Waals surface area contributed by atoms with Crippen LogP contribution in [0.15, 0.2) is 35.5 Å². The lowest BCUT2D eigenvalue weighted by Crippen LogP contribution is -2.28. The van der Waals surface area contributed by atoms with E-state index in [0.717, 1.165) is 6.21 Å². The molecular formula is C23H27N7O8. The third kappa shape index (κ3) is 5.11. The van der Waals surface area contributed by atoms with E-state index >= 15 is 0 Å². The van der Waals surface area contributed by atoms with Gasteiger partial charge in [0.25, 0.3) is 5.95 Å². The summed E-state index contributed by atoms with van der Waals surface area (Å²) in [6, 6.07) is 0. The van der Waals surface area contributed by atoms with Crippen LogP contribution in [0.3, 0.4) is 0 Å². The van der Waals surface area contributed by atoms with Crippen molar-refractivity contribution < 1.29 is 39.1 Å². The molecule has 1 fully saturated rings. The minimum atomic E-state index is -0.929. The summed E-state index contributed by atoms with van der Waals surface area (Å²) in [4.78, 5) is 41.7. The number of aliphatic hydroxyl groups excluding tert-OH is 3. The van der Waals surface area contributed by atoms with Crippen LogP contribution < -0.4 is 0 Å². The molecule has 4 heterocycles. The van der Waals surface area contributed by atoms with Crippen LogP contribution in [0, 0.1) is 5.92 Å². The van der Waals surface area contributed by atoms with Gasteiger partial charge in [0.15, 0.2) is 17.0 Å². The van der Waals surface area contributed by atoms with E-state index in [1.165, 1.54) is 23.4 Å². The van der Waals surface area contributed by atoms with E-state index in [1.807, 2.05) is 0 Å². The number of carbonyl (C=O) groups is 2. The van der Waals surface area contributed by atoms with Gasteiger partial charge in [0.2, 0.25) is 0 Å². The van der Waals surface area contributed by atoms with Gasteiger partial charge in [-0.3, -0.25) is 4.57 Å². The lowest BCUT2D eigenvalue weighted by Gasteiger charge is -2.17. The van der Waals surface area contributed by atoms with Crippen LogP contribution in [0.1, 0.15) is 37.4 Å². The van der Waals surface area contributed by atoms with Gasteiger partial charge in [-0.1, -0.05) is 6.92 Å². The summed E-state index contributed by atoms with van der Waals surface area (Å²) in [5, 5.41) is 33.6. The molecule has 0 spiro atoms. The highest BCUT2D eigenvalue weighted by Crippen LogP contribution is 2.37. The molecule has 0 amide bonds. The molecule has 38 heavy (non-hydrogen) atoms.